The Balaban J connectivity index is 2.51. The molecule has 6 nitrogen and oxygen atoms in total. The highest BCUT2D eigenvalue weighted by atomic mass is 35.5. The minimum atomic E-state index is -0.973. The lowest BCUT2D eigenvalue weighted by molar-refractivity contribution is 0.0813. The van der Waals surface area contributed by atoms with Gasteiger partial charge in [0.15, 0.2) is 6.10 Å². The minimum Gasteiger partial charge on any atom is -0.494 e. The zero-order valence-corrected chi connectivity index (χ0v) is 14.8. The van der Waals surface area contributed by atoms with Crippen molar-refractivity contribution in [3.63, 3.8) is 0 Å². The van der Waals surface area contributed by atoms with Crippen LogP contribution < -0.4 is 10.3 Å². The fourth-order valence-electron chi connectivity index (χ4n) is 2.53. The minimum absolute atomic E-state index is 0.0995. The maximum absolute atomic E-state index is 12.8. The van der Waals surface area contributed by atoms with E-state index in [1.165, 1.54) is 13.8 Å². The highest BCUT2D eigenvalue weighted by molar-refractivity contribution is 6.32. The highest BCUT2D eigenvalue weighted by Crippen LogP contribution is 2.27. The summed E-state index contributed by atoms with van der Waals surface area (Å²) < 4.78 is 6.57. The Hall–Kier alpha value is -2.78. The Labute approximate surface area is 149 Å². The van der Waals surface area contributed by atoms with Crippen molar-refractivity contribution in [2.24, 2.45) is 0 Å². The summed E-state index contributed by atoms with van der Waals surface area (Å²) in [5.74, 6) is -0.691. The number of hydrogen-bond donors (Lipinski definition) is 1. The Morgan fingerprint density at radius 1 is 1.44 bits per heavy atom. The number of nitriles is 1. The number of halogens is 1. The Morgan fingerprint density at radius 2 is 2.08 bits per heavy atom. The molecule has 7 heteroatoms. The average Bonchev–Trinajstić information content (AvgIpc) is 2.57. The number of carbonyl (C=O) groups is 1. The molecule has 0 saturated heterocycles. The predicted octanol–water partition coefficient (Wildman–Crippen LogP) is 3.06. The summed E-state index contributed by atoms with van der Waals surface area (Å²) in [5, 5.41) is 19.9. The third-order valence-electron chi connectivity index (χ3n) is 3.87. The van der Waals surface area contributed by atoms with Crippen molar-refractivity contribution >= 4 is 17.4 Å². The lowest BCUT2D eigenvalue weighted by atomic mass is 9.99. The maximum atomic E-state index is 12.8. The SMILES string of the molecule is CCn1c(O)c(C(=O)C(C)Oc2ccccc2Cl)c(C)c(C#N)c1=O. The second kappa shape index (κ2) is 7.41. The van der Waals surface area contributed by atoms with Gasteiger partial charge in [0.1, 0.15) is 17.4 Å². The largest absolute Gasteiger partial charge is 0.494 e. The van der Waals surface area contributed by atoms with Crippen LogP contribution in [0.2, 0.25) is 5.02 Å². The summed E-state index contributed by atoms with van der Waals surface area (Å²) >= 11 is 6.02. The number of carbonyl (C=O) groups excluding carboxylic acids is 1. The molecule has 0 aliphatic rings. The number of pyridine rings is 1. The molecule has 1 aromatic carbocycles. The number of para-hydroxylation sites is 1. The second-order valence-corrected chi connectivity index (χ2v) is 5.82. The van der Waals surface area contributed by atoms with E-state index in [0.29, 0.717) is 10.8 Å². The van der Waals surface area contributed by atoms with Gasteiger partial charge in [0.25, 0.3) is 5.56 Å². The molecule has 1 N–H and O–H groups in total. The van der Waals surface area contributed by atoms with E-state index in [9.17, 15) is 20.0 Å². The van der Waals surface area contributed by atoms with Crippen LogP contribution in [0, 0.1) is 18.3 Å². The zero-order chi connectivity index (χ0) is 18.7. The summed E-state index contributed by atoms with van der Waals surface area (Å²) in [4.78, 5) is 25.0. The molecule has 130 valence electrons. The monoisotopic (exact) mass is 360 g/mol. The molecule has 1 unspecified atom stereocenters. The molecule has 0 aliphatic carbocycles. The van der Waals surface area contributed by atoms with Crippen LogP contribution in [0.25, 0.3) is 0 Å². The average molecular weight is 361 g/mol. The van der Waals surface area contributed by atoms with Crippen molar-refractivity contribution in [3.8, 4) is 17.7 Å². The highest BCUT2D eigenvalue weighted by Gasteiger charge is 2.28. The fourth-order valence-corrected chi connectivity index (χ4v) is 2.71. The number of nitrogens with zero attached hydrogens (tertiary/aromatic N) is 2. The standard InChI is InChI=1S/C18H17ClN2O4/c1-4-21-17(23)12(9-20)10(2)15(18(21)24)16(22)11(3)25-14-8-6-5-7-13(14)19/h5-8,11,24H,4H2,1-3H3. The number of aromatic nitrogens is 1. The van der Waals surface area contributed by atoms with E-state index >= 15 is 0 Å². The van der Waals surface area contributed by atoms with Crippen LogP contribution in [-0.2, 0) is 6.54 Å². The summed E-state index contributed by atoms with van der Waals surface area (Å²) in [7, 11) is 0. The molecule has 1 atom stereocenters. The quantitative estimate of drug-likeness (QED) is 0.827. The van der Waals surface area contributed by atoms with Crippen molar-refractivity contribution in [3.05, 3.63) is 56.3 Å². The van der Waals surface area contributed by atoms with Crippen LogP contribution in [0.15, 0.2) is 29.1 Å². The first-order chi connectivity index (χ1) is 11.8. The predicted molar refractivity (Wildman–Crippen MR) is 93.4 cm³/mol. The van der Waals surface area contributed by atoms with E-state index < -0.39 is 23.3 Å². The van der Waals surface area contributed by atoms with Gasteiger partial charge in [-0.25, -0.2) is 0 Å². The third kappa shape index (κ3) is 3.37. The zero-order valence-electron chi connectivity index (χ0n) is 14.0. The van der Waals surface area contributed by atoms with Gasteiger partial charge in [0, 0.05) is 6.54 Å². The Bertz CT molecular complexity index is 928. The van der Waals surface area contributed by atoms with Gasteiger partial charge < -0.3 is 9.84 Å². The van der Waals surface area contributed by atoms with Gasteiger partial charge in [0.2, 0.25) is 11.7 Å². The lowest BCUT2D eigenvalue weighted by Crippen LogP contribution is -2.30. The van der Waals surface area contributed by atoms with E-state index in [1.54, 1.807) is 37.3 Å². The molecule has 0 bridgehead atoms. The van der Waals surface area contributed by atoms with Crippen LogP contribution in [-0.4, -0.2) is 21.6 Å². The molecule has 2 aromatic rings. The van der Waals surface area contributed by atoms with Crippen LogP contribution in [0.1, 0.15) is 35.3 Å². The fraction of sp³-hybridized carbons (Fsp3) is 0.278. The lowest BCUT2D eigenvalue weighted by Gasteiger charge is -2.18. The van der Waals surface area contributed by atoms with Crippen LogP contribution in [0.5, 0.6) is 11.6 Å². The van der Waals surface area contributed by atoms with Crippen molar-refractivity contribution in [2.75, 3.05) is 0 Å². The van der Waals surface area contributed by atoms with Gasteiger partial charge >= 0.3 is 0 Å². The van der Waals surface area contributed by atoms with E-state index in [-0.39, 0.29) is 23.2 Å². The Morgan fingerprint density at radius 3 is 2.64 bits per heavy atom. The molecular formula is C18H17ClN2O4. The van der Waals surface area contributed by atoms with Crippen LogP contribution in [0.3, 0.4) is 0 Å². The molecule has 0 spiro atoms. The van der Waals surface area contributed by atoms with Gasteiger partial charge in [0.05, 0.1) is 10.6 Å². The molecule has 0 amide bonds. The van der Waals surface area contributed by atoms with Crippen LogP contribution >= 0.6 is 11.6 Å². The molecule has 25 heavy (non-hydrogen) atoms. The number of rotatable bonds is 5. The molecule has 0 radical (unpaired) electrons. The van der Waals surface area contributed by atoms with Crippen LogP contribution in [0.4, 0.5) is 0 Å². The van der Waals surface area contributed by atoms with Crippen molar-refractivity contribution < 1.29 is 14.6 Å². The first kappa shape index (κ1) is 18.6. The normalized spacial score (nSPS) is 11.6. The molecule has 0 saturated carbocycles. The van der Waals surface area contributed by atoms with Gasteiger partial charge in [-0.05, 0) is 38.5 Å². The topological polar surface area (TPSA) is 92.3 Å². The molecule has 0 aliphatic heterocycles. The van der Waals surface area contributed by atoms with E-state index in [2.05, 4.69) is 0 Å². The van der Waals surface area contributed by atoms with Gasteiger partial charge in [-0.15, -0.1) is 0 Å². The number of ketones is 1. The van der Waals surface area contributed by atoms with Gasteiger partial charge in [-0.3, -0.25) is 14.2 Å². The molecule has 2 rings (SSSR count). The van der Waals surface area contributed by atoms with Gasteiger partial charge in [-0.1, -0.05) is 23.7 Å². The summed E-state index contributed by atoms with van der Waals surface area (Å²) in [6.45, 7) is 4.72. The molecule has 1 aromatic heterocycles. The molecule has 1 heterocycles. The first-order valence-corrected chi connectivity index (χ1v) is 8.03. The molecule has 0 fully saturated rings. The second-order valence-electron chi connectivity index (χ2n) is 5.41. The van der Waals surface area contributed by atoms with E-state index in [0.717, 1.165) is 4.57 Å². The van der Waals surface area contributed by atoms with E-state index in [1.807, 2.05) is 0 Å². The summed E-state index contributed by atoms with van der Waals surface area (Å²) in [6, 6.07) is 8.49. The maximum Gasteiger partial charge on any atom is 0.271 e. The Kier molecular flexibility index (Phi) is 5.50. The summed E-state index contributed by atoms with van der Waals surface area (Å²) in [6.07, 6.45) is -0.973. The number of Topliss-reactive ketones (excluding diaryl/α,β-unsaturated/α-hetero) is 1. The first-order valence-electron chi connectivity index (χ1n) is 7.65. The third-order valence-corrected chi connectivity index (χ3v) is 4.18. The van der Waals surface area contributed by atoms with Crippen molar-refractivity contribution in [1.29, 1.82) is 5.26 Å². The number of ether oxygens (including phenoxy) is 1. The smallest absolute Gasteiger partial charge is 0.271 e. The number of aromatic hydroxyl groups is 1. The number of hydrogen-bond acceptors (Lipinski definition) is 5. The summed E-state index contributed by atoms with van der Waals surface area (Å²) in [5.41, 5.74) is -0.768. The van der Waals surface area contributed by atoms with Crippen molar-refractivity contribution in [1.82, 2.24) is 4.57 Å². The molecular weight excluding hydrogens is 344 g/mol. The van der Waals surface area contributed by atoms with Gasteiger partial charge in [-0.2, -0.15) is 5.26 Å². The van der Waals surface area contributed by atoms with Crippen molar-refractivity contribution in [2.45, 2.75) is 33.4 Å². The number of benzene rings is 1. The van der Waals surface area contributed by atoms with E-state index in [4.69, 9.17) is 16.3 Å².